The molecule has 3 N–H and O–H groups in total. The highest BCUT2D eigenvalue weighted by molar-refractivity contribution is 5.81. The molecular formula is C17H29N3O. The van der Waals surface area contributed by atoms with Gasteiger partial charge < -0.3 is 16.0 Å². The fourth-order valence-electron chi connectivity index (χ4n) is 2.41. The molecule has 1 amide bonds. The maximum atomic E-state index is 12.1. The molecule has 118 valence electrons. The molecule has 4 nitrogen and oxygen atoms in total. The van der Waals surface area contributed by atoms with Gasteiger partial charge in [-0.3, -0.25) is 4.79 Å². The molecule has 21 heavy (non-hydrogen) atoms. The maximum absolute atomic E-state index is 12.1. The van der Waals surface area contributed by atoms with Gasteiger partial charge in [-0.2, -0.15) is 0 Å². The minimum atomic E-state index is 0.0901. The van der Waals surface area contributed by atoms with Crippen LogP contribution in [-0.4, -0.2) is 25.0 Å². The second-order valence-electron chi connectivity index (χ2n) is 5.55. The van der Waals surface area contributed by atoms with Crippen molar-refractivity contribution in [2.45, 2.75) is 52.6 Å². The van der Waals surface area contributed by atoms with E-state index in [0.717, 1.165) is 37.1 Å². The Kier molecular flexibility index (Phi) is 7.83. The molecule has 4 heteroatoms. The van der Waals surface area contributed by atoms with E-state index < -0.39 is 0 Å². The Bertz CT molecular complexity index is 417. The van der Waals surface area contributed by atoms with Gasteiger partial charge in [-0.25, -0.2) is 0 Å². The number of carbonyl (C=O) groups is 1. The minimum absolute atomic E-state index is 0.0901. The number of nitrogens with zero attached hydrogens (tertiary/aromatic N) is 1. The van der Waals surface area contributed by atoms with Crippen LogP contribution in [0, 0.1) is 0 Å². The van der Waals surface area contributed by atoms with Crippen LogP contribution in [-0.2, 0) is 11.3 Å². The Morgan fingerprint density at radius 1 is 1.24 bits per heavy atom. The van der Waals surface area contributed by atoms with Gasteiger partial charge in [0.25, 0.3) is 0 Å². The Morgan fingerprint density at radius 3 is 2.43 bits per heavy atom. The quantitative estimate of drug-likeness (QED) is 0.735. The van der Waals surface area contributed by atoms with Crippen molar-refractivity contribution in [3.63, 3.8) is 0 Å². The van der Waals surface area contributed by atoms with Gasteiger partial charge in [-0.05, 0) is 37.5 Å². The molecule has 0 aliphatic carbocycles. The zero-order valence-electron chi connectivity index (χ0n) is 13.6. The summed E-state index contributed by atoms with van der Waals surface area (Å²) in [5.74, 6) is 0.0901. The van der Waals surface area contributed by atoms with Gasteiger partial charge in [-0.15, -0.1) is 0 Å². The van der Waals surface area contributed by atoms with Gasteiger partial charge in [0.05, 0.1) is 6.54 Å². The summed E-state index contributed by atoms with van der Waals surface area (Å²) in [4.78, 5) is 14.3. The second kappa shape index (κ2) is 9.40. The van der Waals surface area contributed by atoms with Crippen LogP contribution >= 0.6 is 0 Å². The molecule has 0 saturated heterocycles. The average Bonchev–Trinajstić information content (AvgIpc) is 2.47. The lowest BCUT2D eigenvalue weighted by Gasteiger charge is -2.25. The first-order valence-corrected chi connectivity index (χ1v) is 7.94. The SMILES string of the molecule is CCCC(C)NC(=O)CN(CCC)c1ccc(CN)cc1. The minimum Gasteiger partial charge on any atom is -0.362 e. The van der Waals surface area contributed by atoms with Crippen molar-refractivity contribution in [2.75, 3.05) is 18.0 Å². The third-order valence-electron chi connectivity index (χ3n) is 3.49. The molecule has 1 aromatic rings. The van der Waals surface area contributed by atoms with Crippen LogP contribution in [0.4, 0.5) is 5.69 Å². The van der Waals surface area contributed by atoms with Crippen molar-refractivity contribution in [1.82, 2.24) is 5.32 Å². The first-order chi connectivity index (χ1) is 10.1. The van der Waals surface area contributed by atoms with Crippen LogP contribution in [0.5, 0.6) is 0 Å². The molecule has 0 bridgehead atoms. The number of hydrogen-bond acceptors (Lipinski definition) is 3. The molecule has 0 heterocycles. The highest BCUT2D eigenvalue weighted by Gasteiger charge is 2.12. The summed E-state index contributed by atoms with van der Waals surface area (Å²) in [5.41, 5.74) is 7.80. The first-order valence-electron chi connectivity index (χ1n) is 7.94. The molecule has 0 fully saturated rings. The molecule has 0 aromatic heterocycles. The van der Waals surface area contributed by atoms with Gasteiger partial charge >= 0.3 is 0 Å². The summed E-state index contributed by atoms with van der Waals surface area (Å²) < 4.78 is 0. The molecule has 1 rings (SSSR count). The number of hydrogen-bond donors (Lipinski definition) is 2. The van der Waals surface area contributed by atoms with Gasteiger partial charge in [0.2, 0.25) is 5.91 Å². The van der Waals surface area contributed by atoms with Crippen LogP contribution in [0.15, 0.2) is 24.3 Å². The van der Waals surface area contributed by atoms with Gasteiger partial charge in [-0.1, -0.05) is 32.4 Å². The normalized spacial score (nSPS) is 12.0. The number of anilines is 1. The van der Waals surface area contributed by atoms with Crippen molar-refractivity contribution >= 4 is 11.6 Å². The Labute approximate surface area is 128 Å². The van der Waals surface area contributed by atoms with E-state index in [2.05, 4.69) is 31.0 Å². The predicted octanol–water partition coefficient (Wildman–Crippen LogP) is 2.67. The topological polar surface area (TPSA) is 58.4 Å². The zero-order chi connectivity index (χ0) is 15.7. The Morgan fingerprint density at radius 2 is 1.90 bits per heavy atom. The van der Waals surface area contributed by atoms with Gasteiger partial charge in [0.1, 0.15) is 0 Å². The molecule has 0 aliphatic heterocycles. The fourth-order valence-corrected chi connectivity index (χ4v) is 2.41. The number of amides is 1. The highest BCUT2D eigenvalue weighted by atomic mass is 16.2. The first kappa shape index (κ1) is 17.5. The standard InChI is InChI=1S/C17H29N3O/c1-4-6-14(3)19-17(21)13-20(11-5-2)16-9-7-15(12-18)8-10-16/h7-10,14H,4-6,11-13,18H2,1-3H3,(H,19,21). The molecule has 1 atom stereocenters. The fraction of sp³-hybridized carbons (Fsp3) is 0.588. The number of nitrogens with one attached hydrogen (secondary N) is 1. The Balaban J connectivity index is 2.65. The molecule has 0 aliphatic rings. The van der Waals surface area contributed by atoms with E-state index in [-0.39, 0.29) is 11.9 Å². The van der Waals surface area contributed by atoms with Crippen LogP contribution in [0.3, 0.4) is 0 Å². The van der Waals surface area contributed by atoms with Gasteiger partial charge in [0.15, 0.2) is 0 Å². The van der Waals surface area contributed by atoms with Gasteiger partial charge in [0, 0.05) is 24.8 Å². The van der Waals surface area contributed by atoms with Crippen molar-refractivity contribution in [3.05, 3.63) is 29.8 Å². The molecule has 1 aromatic carbocycles. The van der Waals surface area contributed by atoms with Crippen LogP contribution in [0.1, 0.15) is 45.6 Å². The van der Waals surface area contributed by atoms with Crippen molar-refractivity contribution < 1.29 is 4.79 Å². The summed E-state index contributed by atoms with van der Waals surface area (Å²) in [7, 11) is 0. The lowest BCUT2D eigenvalue weighted by atomic mass is 10.2. The Hall–Kier alpha value is -1.55. The smallest absolute Gasteiger partial charge is 0.239 e. The predicted molar refractivity (Wildman–Crippen MR) is 89.4 cm³/mol. The molecular weight excluding hydrogens is 262 g/mol. The van der Waals surface area contributed by atoms with E-state index in [4.69, 9.17) is 5.73 Å². The zero-order valence-corrected chi connectivity index (χ0v) is 13.6. The third kappa shape index (κ3) is 6.17. The van der Waals surface area contributed by atoms with Crippen molar-refractivity contribution in [1.29, 1.82) is 0 Å². The van der Waals surface area contributed by atoms with Crippen molar-refractivity contribution in [2.24, 2.45) is 5.73 Å². The molecule has 0 saturated carbocycles. The monoisotopic (exact) mass is 291 g/mol. The van der Waals surface area contributed by atoms with E-state index in [0.29, 0.717) is 13.1 Å². The van der Waals surface area contributed by atoms with E-state index >= 15 is 0 Å². The van der Waals surface area contributed by atoms with E-state index in [9.17, 15) is 4.79 Å². The lowest BCUT2D eigenvalue weighted by Crippen LogP contribution is -2.41. The van der Waals surface area contributed by atoms with Crippen LogP contribution in [0.25, 0.3) is 0 Å². The average molecular weight is 291 g/mol. The number of rotatable bonds is 9. The summed E-state index contributed by atoms with van der Waals surface area (Å²) in [6.45, 7) is 8.13. The summed E-state index contributed by atoms with van der Waals surface area (Å²) in [6, 6.07) is 8.37. The summed E-state index contributed by atoms with van der Waals surface area (Å²) >= 11 is 0. The van der Waals surface area contributed by atoms with Crippen LogP contribution < -0.4 is 16.0 Å². The van der Waals surface area contributed by atoms with Crippen LogP contribution in [0.2, 0.25) is 0 Å². The molecule has 0 radical (unpaired) electrons. The van der Waals surface area contributed by atoms with E-state index in [1.165, 1.54) is 0 Å². The molecule has 1 unspecified atom stereocenters. The third-order valence-corrected chi connectivity index (χ3v) is 3.49. The van der Waals surface area contributed by atoms with E-state index in [1.54, 1.807) is 0 Å². The number of nitrogens with two attached hydrogens (primary N) is 1. The highest BCUT2D eigenvalue weighted by Crippen LogP contribution is 2.15. The summed E-state index contributed by atoms with van der Waals surface area (Å²) in [5, 5.41) is 3.06. The van der Waals surface area contributed by atoms with E-state index in [1.807, 2.05) is 24.3 Å². The van der Waals surface area contributed by atoms with Crippen molar-refractivity contribution in [3.8, 4) is 0 Å². The summed E-state index contributed by atoms with van der Waals surface area (Å²) in [6.07, 6.45) is 3.11. The molecule has 0 spiro atoms. The number of carbonyl (C=O) groups excluding carboxylic acids is 1. The largest absolute Gasteiger partial charge is 0.362 e. The maximum Gasteiger partial charge on any atom is 0.239 e. The number of benzene rings is 1. The lowest BCUT2D eigenvalue weighted by molar-refractivity contribution is -0.120. The second-order valence-corrected chi connectivity index (χ2v) is 5.55.